The molecule has 4 aliphatic rings. The first-order valence-corrected chi connectivity index (χ1v) is 23.4. The monoisotopic (exact) mass is 765 g/mol. The van der Waals surface area contributed by atoms with Crippen molar-refractivity contribution in [1.82, 2.24) is 19.6 Å². The molecule has 0 saturated carbocycles. The van der Waals surface area contributed by atoms with Crippen molar-refractivity contribution in [2.75, 3.05) is 78.5 Å². The topological polar surface area (TPSA) is 117 Å². The van der Waals surface area contributed by atoms with Crippen molar-refractivity contribution in [2.24, 2.45) is 70.3 Å². The van der Waals surface area contributed by atoms with Crippen molar-refractivity contribution in [3.8, 4) is 0 Å². The zero-order valence-electron chi connectivity index (χ0n) is 38.6. The molecular formula is C46H100N8. The quantitative estimate of drug-likeness (QED) is 0.143. The van der Waals surface area contributed by atoms with Crippen molar-refractivity contribution in [3.05, 3.63) is 0 Å². The van der Waals surface area contributed by atoms with Gasteiger partial charge in [-0.05, 0) is 118 Å². The molecule has 4 fully saturated rings. The molecule has 0 aromatic carbocycles. The van der Waals surface area contributed by atoms with Crippen molar-refractivity contribution < 1.29 is 0 Å². The molecule has 4 aliphatic heterocycles. The van der Waals surface area contributed by atoms with E-state index in [1.165, 1.54) is 90.4 Å². The fraction of sp³-hybridized carbons (Fsp3) is 1.00. The van der Waals surface area contributed by atoms with E-state index in [1.807, 2.05) is 0 Å². The van der Waals surface area contributed by atoms with E-state index in [4.69, 9.17) is 22.9 Å². The zero-order valence-corrected chi connectivity index (χ0v) is 38.6. The lowest BCUT2D eigenvalue weighted by molar-refractivity contribution is 0.0822. The fourth-order valence-corrected chi connectivity index (χ4v) is 10.1. The molecule has 8 atom stereocenters. The Labute approximate surface area is 339 Å². The third-order valence-electron chi connectivity index (χ3n) is 13.6. The third-order valence-corrected chi connectivity index (χ3v) is 13.6. The molecule has 0 amide bonds. The zero-order chi connectivity index (χ0) is 40.8. The number of rotatable bonds is 14. The molecule has 4 unspecified atom stereocenters. The molecule has 0 aromatic rings. The highest BCUT2D eigenvalue weighted by molar-refractivity contribution is 4.86. The van der Waals surface area contributed by atoms with E-state index in [9.17, 15) is 0 Å². The van der Waals surface area contributed by atoms with Crippen LogP contribution in [0.5, 0.6) is 0 Å². The number of likely N-dealkylation sites (tertiary alicyclic amines) is 4. The summed E-state index contributed by atoms with van der Waals surface area (Å²) in [6.07, 6.45) is 13.7. The lowest BCUT2D eigenvalue weighted by atomic mass is 9.84. The average Bonchev–Trinajstić information content (AvgIpc) is 3.38. The highest BCUT2D eigenvalue weighted by atomic mass is 15.2. The van der Waals surface area contributed by atoms with Crippen molar-refractivity contribution in [2.45, 2.75) is 171 Å². The van der Waals surface area contributed by atoms with Gasteiger partial charge in [-0.15, -0.1) is 0 Å². The Kier molecular flexibility index (Phi) is 27.7. The SMILES string of the molecule is CC1CCN(CCN)[C@H](C(C)C)C1.CC1C[C@@H](C(C)C)N(CCN)C1.CCC1CCN(CCN)[C@H](C(C)C)C1.CCC1CC[C@@H](C(C)C)N(CCN)CC1. The maximum Gasteiger partial charge on any atom is 0.0122 e. The number of hydrogen-bond donors (Lipinski definition) is 4. The van der Waals surface area contributed by atoms with Crippen LogP contribution in [-0.2, 0) is 0 Å². The van der Waals surface area contributed by atoms with Gasteiger partial charge in [0.05, 0.1) is 0 Å². The smallest absolute Gasteiger partial charge is 0.0122 e. The number of piperidine rings is 2. The van der Waals surface area contributed by atoms with Crippen LogP contribution in [-0.4, -0.2) is 122 Å². The Bertz CT molecular complexity index is 883. The van der Waals surface area contributed by atoms with E-state index in [2.05, 4.69) is 103 Å². The summed E-state index contributed by atoms with van der Waals surface area (Å²) in [4.78, 5) is 10.3. The Balaban J connectivity index is 0.000000361. The Hall–Kier alpha value is -0.320. The van der Waals surface area contributed by atoms with Gasteiger partial charge in [-0.2, -0.15) is 0 Å². The minimum absolute atomic E-state index is 0.769. The molecule has 4 saturated heterocycles. The molecule has 8 N–H and O–H groups in total. The average molecular weight is 765 g/mol. The van der Waals surface area contributed by atoms with E-state index in [0.717, 1.165) is 124 Å². The Morgan fingerprint density at radius 2 is 0.796 bits per heavy atom. The maximum atomic E-state index is 5.70. The molecule has 0 bridgehead atoms. The van der Waals surface area contributed by atoms with Crippen LogP contribution < -0.4 is 22.9 Å². The Morgan fingerprint density at radius 3 is 1.24 bits per heavy atom. The van der Waals surface area contributed by atoms with Crippen molar-refractivity contribution >= 4 is 0 Å². The highest BCUT2D eigenvalue weighted by Gasteiger charge is 2.31. The molecule has 4 heterocycles. The van der Waals surface area contributed by atoms with E-state index in [0.29, 0.717) is 0 Å². The van der Waals surface area contributed by atoms with Gasteiger partial charge in [-0.3, -0.25) is 19.6 Å². The molecule has 0 spiro atoms. The Morgan fingerprint density at radius 1 is 0.426 bits per heavy atom. The van der Waals surface area contributed by atoms with Crippen LogP contribution >= 0.6 is 0 Å². The predicted octanol–water partition coefficient (Wildman–Crippen LogP) is 7.59. The summed E-state index contributed by atoms with van der Waals surface area (Å²) >= 11 is 0. The van der Waals surface area contributed by atoms with Gasteiger partial charge in [0, 0.05) is 83.1 Å². The molecular weight excluding hydrogens is 665 g/mol. The van der Waals surface area contributed by atoms with Crippen LogP contribution in [0.25, 0.3) is 0 Å². The summed E-state index contributed by atoms with van der Waals surface area (Å²) in [6.45, 7) is 40.6. The van der Waals surface area contributed by atoms with Gasteiger partial charge in [0.25, 0.3) is 0 Å². The lowest BCUT2D eigenvalue weighted by Gasteiger charge is -2.41. The van der Waals surface area contributed by atoms with E-state index in [1.54, 1.807) is 0 Å². The first-order chi connectivity index (χ1) is 25.7. The van der Waals surface area contributed by atoms with Gasteiger partial charge in [-0.1, -0.05) is 95.9 Å². The summed E-state index contributed by atoms with van der Waals surface area (Å²) in [7, 11) is 0. The minimum Gasteiger partial charge on any atom is -0.329 e. The summed E-state index contributed by atoms with van der Waals surface area (Å²) in [6, 6.07) is 3.10. The molecule has 0 aromatic heterocycles. The van der Waals surface area contributed by atoms with Crippen LogP contribution in [0.4, 0.5) is 0 Å². The molecule has 8 nitrogen and oxygen atoms in total. The number of hydrogen-bond acceptors (Lipinski definition) is 8. The first kappa shape index (κ1) is 51.7. The van der Waals surface area contributed by atoms with Crippen LogP contribution in [0, 0.1) is 47.3 Å². The molecule has 54 heavy (non-hydrogen) atoms. The largest absolute Gasteiger partial charge is 0.329 e. The summed E-state index contributed by atoms with van der Waals surface area (Å²) in [5, 5.41) is 0. The minimum atomic E-state index is 0.769. The van der Waals surface area contributed by atoms with Crippen molar-refractivity contribution in [3.63, 3.8) is 0 Å². The van der Waals surface area contributed by atoms with E-state index < -0.39 is 0 Å². The molecule has 8 heteroatoms. The second-order valence-corrected chi connectivity index (χ2v) is 19.4. The second-order valence-electron chi connectivity index (χ2n) is 19.4. The van der Waals surface area contributed by atoms with Gasteiger partial charge < -0.3 is 22.9 Å². The fourth-order valence-electron chi connectivity index (χ4n) is 10.1. The van der Waals surface area contributed by atoms with Gasteiger partial charge in [0.1, 0.15) is 0 Å². The standard InChI is InChI=1S/C13H28N2.C12H26N2.C11H24N2.C10H22N2/c1-4-12-5-6-13(11(2)3)15(9-7-12)10-8-14;1-4-11-5-7-14(8-6-13)12(9-11)10(2)3;1-9(2)11-8-10(3)4-6-13(11)7-5-12;1-8(2)10-6-9(3)7-12(10)5-4-11/h11-13H,4-10,14H2,1-3H3;10-12H,4-9,13H2,1-3H3;9-11H,4-8,12H2,1-3H3;8-10H,4-7,11H2,1-3H3/t12?,13-;11?,12-;10?,11-;9?,10-/m0000/s1. The van der Waals surface area contributed by atoms with Crippen LogP contribution in [0.1, 0.15) is 147 Å². The second kappa shape index (κ2) is 29.0. The molecule has 324 valence electrons. The summed E-state index contributed by atoms with van der Waals surface area (Å²) in [5.74, 6) is 6.77. The molecule has 0 radical (unpaired) electrons. The predicted molar refractivity (Wildman–Crippen MR) is 240 cm³/mol. The highest BCUT2D eigenvalue weighted by Crippen LogP contribution is 2.30. The summed E-state index contributed by atoms with van der Waals surface area (Å²) < 4.78 is 0. The van der Waals surface area contributed by atoms with Crippen LogP contribution in [0.15, 0.2) is 0 Å². The first-order valence-electron chi connectivity index (χ1n) is 23.4. The van der Waals surface area contributed by atoms with Gasteiger partial charge in [0.15, 0.2) is 0 Å². The molecule has 4 rings (SSSR count). The van der Waals surface area contributed by atoms with Crippen LogP contribution in [0.3, 0.4) is 0 Å². The molecule has 0 aliphatic carbocycles. The summed E-state index contributed by atoms with van der Waals surface area (Å²) in [5.41, 5.74) is 22.5. The van der Waals surface area contributed by atoms with Gasteiger partial charge in [-0.25, -0.2) is 0 Å². The third kappa shape index (κ3) is 19.0. The number of nitrogens with zero attached hydrogens (tertiary/aromatic N) is 4. The normalized spacial score (nSPS) is 30.4. The van der Waals surface area contributed by atoms with Crippen LogP contribution in [0.2, 0.25) is 0 Å². The van der Waals surface area contributed by atoms with Gasteiger partial charge in [0.2, 0.25) is 0 Å². The van der Waals surface area contributed by atoms with Crippen molar-refractivity contribution in [1.29, 1.82) is 0 Å². The maximum absolute atomic E-state index is 5.70. The number of nitrogens with two attached hydrogens (primary N) is 4. The van der Waals surface area contributed by atoms with E-state index >= 15 is 0 Å². The van der Waals surface area contributed by atoms with E-state index in [-0.39, 0.29) is 0 Å². The van der Waals surface area contributed by atoms with Gasteiger partial charge >= 0.3 is 0 Å². The lowest BCUT2D eigenvalue weighted by Crippen LogP contribution is -2.47.